The molecule has 0 unspecified atom stereocenters. The molecule has 0 spiro atoms. The average Bonchev–Trinajstić information content (AvgIpc) is 2.14. The van der Waals surface area contributed by atoms with Gasteiger partial charge < -0.3 is 5.32 Å². The number of aromatic nitrogens is 1. The number of nitrogens with zero attached hydrogens (tertiary/aromatic N) is 1. The van der Waals surface area contributed by atoms with Gasteiger partial charge in [-0.1, -0.05) is 6.92 Å². The van der Waals surface area contributed by atoms with Gasteiger partial charge >= 0.3 is 0 Å². The fraction of sp³-hybridized carbons (Fsp3) is 0.375. The van der Waals surface area contributed by atoms with Crippen LogP contribution in [0.4, 0.5) is 5.69 Å². The number of sulfonamides is 1. The molecule has 1 aromatic heterocycles. The molecule has 0 atom stereocenters. The van der Waals surface area contributed by atoms with E-state index in [4.69, 9.17) is 5.14 Å². The van der Waals surface area contributed by atoms with Crippen LogP contribution in [-0.2, 0) is 10.0 Å². The van der Waals surface area contributed by atoms with Crippen molar-refractivity contribution in [1.82, 2.24) is 4.98 Å². The monoisotopic (exact) mass is 215 g/mol. The Hall–Kier alpha value is -1.14. The summed E-state index contributed by atoms with van der Waals surface area (Å²) in [6, 6.07) is 3.30. The van der Waals surface area contributed by atoms with E-state index in [1.807, 2.05) is 6.92 Å². The summed E-state index contributed by atoms with van der Waals surface area (Å²) in [5.41, 5.74) is 0.455. The highest BCUT2D eigenvalue weighted by atomic mass is 32.2. The molecule has 0 aliphatic rings. The minimum Gasteiger partial charge on any atom is -0.383 e. The molecule has 5 nitrogen and oxygen atoms in total. The van der Waals surface area contributed by atoms with Crippen molar-refractivity contribution in [2.75, 3.05) is 11.9 Å². The van der Waals surface area contributed by atoms with Crippen molar-refractivity contribution in [2.45, 2.75) is 18.4 Å². The van der Waals surface area contributed by atoms with Crippen LogP contribution in [0.5, 0.6) is 0 Å². The predicted molar refractivity (Wildman–Crippen MR) is 54.4 cm³/mol. The number of hydrogen-bond acceptors (Lipinski definition) is 4. The van der Waals surface area contributed by atoms with Crippen molar-refractivity contribution in [3.8, 4) is 0 Å². The van der Waals surface area contributed by atoms with E-state index in [0.29, 0.717) is 12.2 Å². The van der Waals surface area contributed by atoms with Crippen molar-refractivity contribution in [1.29, 1.82) is 0 Å². The summed E-state index contributed by atoms with van der Waals surface area (Å²) in [6.45, 7) is 2.67. The summed E-state index contributed by atoms with van der Waals surface area (Å²) in [7, 11) is -3.74. The Labute approximate surface area is 83.4 Å². The van der Waals surface area contributed by atoms with Gasteiger partial charge in [0.25, 0.3) is 10.0 Å². The zero-order chi connectivity index (χ0) is 10.6. The second-order valence-electron chi connectivity index (χ2n) is 2.83. The topological polar surface area (TPSA) is 85.1 Å². The van der Waals surface area contributed by atoms with Gasteiger partial charge in [0, 0.05) is 12.7 Å². The molecular weight excluding hydrogens is 202 g/mol. The Morgan fingerprint density at radius 2 is 2.29 bits per heavy atom. The van der Waals surface area contributed by atoms with E-state index in [9.17, 15) is 8.42 Å². The van der Waals surface area contributed by atoms with Gasteiger partial charge in [-0.2, -0.15) is 0 Å². The van der Waals surface area contributed by atoms with Gasteiger partial charge in [-0.15, -0.1) is 0 Å². The van der Waals surface area contributed by atoms with Crippen molar-refractivity contribution in [3.05, 3.63) is 18.3 Å². The van der Waals surface area contributed by atoms with Gasteiger partial charge in [-0.25, -0.2) is 18.5 Å². The fourth-order valence-electron chi connectivity index (χ4n) is 1.01. The molecule has 78 valence electrons. The Kier molecular flexibility index (Phi) is 3.43. The summed E-state index contributed by atoms with van der Waals surface area (Å²) >= 11 is 0. The summed E-state index contributed by atoms with van der Waals surface area (Å²) in [6.07, 6.45) is 2.30. The molecule has 0 aliphatic heterocycles. The fourth-order valence-corrected chi connectivity index (χ4v) is 1.67. The zero-order valence-electron chi connectivity index (χ0n) is 7.90. The van der Waals surface area contributed by atoms with Crippen molar-refractivity contribution < 1.29 is 8.42 Å². The van der Waals surface area contributed by atoms with E-state index in [0.717, 1.165) is 6.42 Å². The third kappa shape index (κ3) is 2.68. The van der Waals surface area contributed by atoms with Crippen molar-refractivity contribution in [2.24, 2.45) is 5.14 Å². The quantitative estimate of drug-likeness (QED) is 0.768. The first-order valence-corrected chi connectivity index (χ1v) is 5.82. The smallest absolute Gasteiger partial charge is 0.257 e. The highest BCUT2D eigenvalue weighted by Gasteiger charge is 2.14. The van der Waals surface area contributed by atoms with E-state index >= 15 is 0 Å². The number of pyridine rings is 1. The third-order valence-electron chi connectivity index (χ3n) is 1.61. The first-order valence-electron chi connectivity index (χ1n) is 4.27. The molecule has 0 saturated heterocycles. The lowest BCUT2D eigenvalue weighted by Crippen LogP contribution is -2.16. The van der Waals surface area contributed by atoms with Crippen LogP contribution in [0.1, 0.15) is 13.3 Å². The van der Waals surface area contributed by atoms with Gasteiger partial charge in [0.15, 0.2) is 5.03 Å². The molecule has 0 aromatic carbocycles. The zero-order valence-corrected chi connectivity index (χ0v) is 8.71. The van der Waals surface area contributed by atoms with Crippen molar-refractivity contribution >= 4 is 15.7 Å². The van der Waals surface area contributed by atoms with Crippen LogP contribution in [0.15, 0.2) is 23.4 Å². The molecule has 0 radical (unpaired) electrons. The lowest BCUT2D eigenvalue weighted by Gasteiger charge is -2.07. The van der Waals surface area contributed by atoms with E-state index in [1.165, 1.54) is 6.20 Å². The van der Waals surface area contributed by atoms with Gasteiger partial charge in [-0.05, 0) is 18.6 Å². The summed E-state index contributed by atoms with van der Waals surface area (Å²) in [4.78, 5) is 3.73. The minimum atomic E-state index is -3.74. The van der Waals surface area contributed by atoms with Crippen LogP contribution in [-0.4, -0.2) is 19.9 Å². The van der Waals surface area contributed by atoms with Crippen molar-refractivity contribution in [3.63, 3.8) is 0 Å². The molecule has 1 aromatic rings. The SMILES string of the molecule is CCCNc1cccnc1S(N)(=O)=O. The number of primary sulfonamides is 1. The molecule has 14 heavy (non-hydrogen) atoms. The second-order valence-corrected chi connectivity index (χ2v) is 4.30. The van der Waals surface area contributed by atoms with Crippen LogP contribution < -0.4 is 10.5 Å². The number of hydrogen-bond donors (Lipinski definition) is 2. The van der Waals surface area contributed by atoms with Gasteiger partial charge in [-0.3, -0.25) is 0 Å². The average molecular weight is 215 g/mol. The number of anilines is 1. The summed E-state index contributed by atoms with van der Waals surface area (Å²) in [5.74, 6) is 0. The largest absolute Gasteiger partial charge is 0.383 e. The molecule has 0 fully saturated rings. The molecular formula is C8H13N3O2S. The Bertz CT molecular complexity index is 403. The normalized spacial score (nSPS) is 11.3. The Morgan fingerprint density at radius 1 is 1.57 bits per heavy atom. The van der Waals surface area contributed by atoms with Crippen LogP contribution in [0.25, 0.3) is 0 Å². The third-order valence-corrected chi connectivity index (χ3v) is 2.47. The maximum absolute atomic E-state index is 11.1. The lowest BCUT2D eigenvalue weighted by molar-refractivity contribution is 0.594. The van der Waals surface area contributed by atoms with Crippen LogP contribution in [0.2, 0.25) is 0 Å². The van der Waals surface area contributed by atoms with Crippen LogP contribution in [0, 0.1) is 0 Å². The highest BCUT2D eigenvalue weighted by Crippen LogP contribution is 2.15. The molecule has 3 N–H and O–H groups in total. The van der Waals surface area contributed by atoms with Crippen LogP contribution >= 0.6 is 0 Å². The Morgan fingerprint density at radius 3 is 2.86 bits per heavy atom. The molecule has 0 bridgehead atoms. The summed E-state index contributed by atoms with van der Waals surface area (Å²) in [5, 5.41) is 7.84. The molecule has 0 saturated carbocycles. The number of nitrogens with two attached hydrogens (primary N) is 1. The number of nitrogens with one attached hydrogen (secondary N) is 1. The maximum atomic E-state index is 11.1. The second kappa shape index (κ2) is 4.39. The molecule has 0 aliphatic carbocycles. The van der Waals surface area contributed by atoms with Crippen LogP contribution in [0.3, 0.4) is 0 Å². The summed E-state index contributed by atoms with van der Waals surface area (Å²) < 4.78 is 22.2. The highest BCUT2D eigenvalue weighted by molar-refractivity contribution is 7.89. The molecule has 0 amide bonds. The molecule has 6 heteroatoms. The standard InChI is InChI=1S/C8H13N3O2S/c1-2-5-10-7-4-3-6-11-8(7)14(9,12)13/h3-4,6,10H,2,5H2,1H3,(H2,9,12,13). The predicted octanol–water partition coefficient (Wildman–Crippen LogP) is 0.551. The number of rotatable bonds is 4. The van der Waals surface area contributed by atoms with E-state index in [1.54, 1.807) is 12.1 Å². The molecule has 1 heterocycles. The van der Waals surface area contributed by atoms with Gasteiger partial charge in [0.1, 0.15) is 0 Å². The van der Waals surface area contributed by atoms with E-state index in [2.05, 4.69) is 10.3 Å². The van der Waals surface area contributed by atoms with Gasteiger partial charge in [0.2, 0.25) is 0 Å². The Balaban J connectivity index is 3.04. The van der Waals surface area contributed by atoms with Gasteiger partial charge in [0.05, 0.1) is 5.69 Å². The van der Waals surface area contributed by atoms with E-state index < -0.39 is 10.0 Å². The molecule has 1 rings (SSSR count). The minimum absolute atomic E-state index is 0.103. The van der Waals surface area contributed by atoms with E-state index in [-0.39, 0.29) is 5.03 Å². The lowest BCUT2D eigenvalue weighted by atomic mass is 10.4. The maximum Gasteiger partial charge on any atom is 0.257 e. The first-order chi connectivity index (χ1) is 6.55. The first kappa shape index (κ1) is 10.9.